The van der Waals surface area contributed by atoms with Crippen molar-refractivity contribution in [1.82, 2.24) is 5.32 Å². The van der Waals surface area contributed by atoms with Crippen molar-refractivity contribution in [3.05, 3.63) is 58.1 Å². The normalized spacial score (nSPS) is 17.5. The fourth-order valence-electron chi connectivity index (χ4n) is 4.69. The molecule has 3 N–H and O–H groups in total. The van der Waals surface area contributed by atoms with Gasteiger partial charge < -0.3 is 20.5 Å². The van der Waals surface area contributed by atoms with Gasteiger partial charge in [0.25, 0.3) is 5.91 Å². The zero-order valence-corrected chi connectivity index (χ0v) is 21.3. The number of primary amides is 1. The number of rotatable bonds is 6. The summed E-state index contributed by atoms with van der Waals surface area (Å²) in [5.41, 5.74) is 7.09. The second kappa shape index (κ2) is 8.57. The lowest BCUT2D eigenvalue weighted by Crippen LogP contribution is -2.53. The predicted molar refractivity (Wildman–Crippen MR) is 132 cm³/mol. The van der Waals surface area contributed by atoms with Gasteiger partial charge in [-0.1, -0.05) is 12.1 Å². The maximum atomic E-state index is 13.2. The number of fused-ring (bicyclic) bond motifs is 3. The highest BCUT2D eigenvalue weighted by molar-refractivity contribution is 6.17. The number of halogens is 2. The van der Waals surface area contributed by atoms with Crippen molar-refractivity contribution in [3.8, 4) is 11.5 Å². The van der Waals surface area contributed by atoms with Gasteiger partial charge in [-0.05, 0) is 71.7 Å². The molecule has 2 aliphatic rings. The smallest absolute Gasteiger partial charge is 0.387 e. The van der Waals surface area contributed by atoms with E-state index in [0.717, 1.165) is 16.7 Å². The molecule has 0 bridgehead atoms. The molecule has 7 nitrogen and oxygen atoms in total. The predicted octanol–water partition coefficient (Wildman–Crippen LogP) is 4.17. The summed E-state index contributed by atoms with van der Waals surface area (Å²) in [6, 6.07) is 8.54. The van der Waals surface area contributed by atoms with Crippen molar-refractivity contribution >= 4 is 17.5 Å². The second-order valence-electron chi connectivity index (χ2n) is 11.1. The van der Waals surface area contributed by atoms with E-state index in [1.54, 1.807) is 24.3 Å². The molecule has 0 aliphatic carbocycles. The Morgan fingerprint density at radius 2 is 1.86 bits per heavy atom. The number of amides is 2. The highest BCUT2D eigenvalue weighted by Crippen LogP contribution is 2.48. The summed E-state index contributed by atoms with van der Waals surface area (Å²) in [6.07, 6.45) is 1.00. The molecule has 0 unspecified atom stereocenters. The number of nitrogens with zero attached hydrogens (tertiary/aromatic N) is 1. The monoisotopic (exact) mass is 499 g/mol. The van der Waals surface area contributed by atoms with Gasteiger partial charge in [-0.3, -0.25) is 14.6 Å². The Bertz CT molecular complexity index is 1280. The molecule has 2 aromatic rings. The molecule has 0 saturated heterocycles. The number of alkyl halides is 2. The maximum absolute atomic E-state index is 13.2. The Kier molecular flexibility index (Phi) is 6.09. The zero-order chi connectivity index (χ0) is 26.6. The second-order valence-corrected chi connectivity index (χ2v) is 11.1. The average molecular weight is 500 g/mol. The van der Waals surface area contributed by atoms with Crippen molar-refractivity contribution in [2.45, 2.75) is 77.7 Å². The molecule has 0 saturated carbocycles. The minimum absolute atomic E-state index is 0.0168. The summed E-state index contributed by atoms with van der Waals surface area (Å²) in [7, 11) is 0. The van der Waals surface area contributed by atoms with E-state index in [1.165, 1.54) is 13.8 Å². The van der Waals surface area contributed by atoms with E-state index in [4.69, 9.17) is 20.2 Å². The lowest BCUT2D eigenvalue weighted by Gasteiger charge is -2.31. The lowest BCUT2D eigenvalue weighted by molar-refractivity contribution is -0.122. The standard InChI is InChI=1S/C27H31F2N3O4/c1-25(2)12-16-11-18(35-24(28)29)21-17(13-26(3,4)36-21)19(16)20(31-25)14-8-7-9-15(10-14)22(33)32-27(5,6)23(30)34/h7-11,24H,12-13H2,1-6H3,(H2,30,34)(H,32,33). The van der Waals surface area contributed by atoms with Crippen LogP contribution in [0.25, 0.3) is 0 Å². The summed E-state index contributed by atoms with van der Waals surface area (Å²) in [6.45, 7) is 7.79. The van der Waals surface area contributed by atoms with Crippen LogP contribution >= 0.6 is 0 Å². The van der Waals surface area contributed by atoms with Crippen LogP contribution in [-0.2, 0) is 17.6 Å². The zero-order valence-electron chi connectivity index (χ0n) is 21.3. The number of nitrogens with two attached hydrogens (primary N) is 1. The van der Waals surface area contributed by atoms with E-state index >= 15 is 0 Å². The molecular formula is C27H31F2N3O4. The molecule has 2 aliphatic heterocycles. The molecule has 192 valence electrons. The highest BCUT2D eigenvalue weighted by Gasteiger charge is 2.40. The van der Waals surface area contributed by atoms with E-state index in [0.29, 0.717) is 35.4 Å². The van der Waals surface area contributed by atoms with Gasteiger partial charge in [-0.25, -0.2) is 0 Å². The van der Waals surface area contributed by atoms with E-state index in [1.807, 2.05) is 33.8 Å². The van der Waals surface area contributed by atoms with E-state index in [9.17, 15) is 18.4 Å². The Hall–Kier alpha value is -3.49. The van der Waals surface area contributed by atoms with E-state index < -0.39 is 35.1 Å². The Labute approximate surface area is 209 Å². The van der Waals surface area contributed by atoms with Crippen LogP contribution in [0.4, 0.5) is 8.78 Å². The minimum Gasteiger partial charge on any atom is -0.483 e. The Morgan fingerprint density at radius 1 is 1.17 bits per heavy atom. The number of hydrogen-bond donors (Lipinski definition) is 2. The third-order valence-corrected chi connectivity index (χ3v) is 6.34. The highest BCUT2D eigenvalue weighted by atomic mass is 19.3. The van der Waals surface area contributed by atoms with Gasteiger partial charge in [0.2, 0.25) is 5.91 Å². The van der Waals surface area contributed by atoms with Crippen LogP contribution in [0.3, 0.4) is 0 Å². The first-order valence-corrected chi connectivity index (χ1v) is 11.7. The fourth-order valence-corrected chi connectivity index (χ4v) is 4.69. The average Bonchev–Trinajstić information content (AvgIpc) is 3.07. The van der Waals surface area contributed by atoms with Gasteiger partial charge in [0.05, 0.1) is 11.3 Å². The van der Waals surface area contributed by atoms with Crippen LogP contribution in [-0.4, -0.2) is 40.8 Å². The molecule has 2 aromatic carbocycles. The van der Waals surface area contributed by atoms with Crippen LogP contribution in [0.5, 0.6) is 11.5 Å². The molecule has 2 amide bonds. The van der Waals surface area contributed by atoms with Gasteiger partial charge in [0, 0.05) is 28.7 Å². The summed E-state index contributed by atoms with van der Waals surface area (Å²) in [4.78, 5) is 29.6. The van der Waals surface area contributed by atoms with Crippen LogP contribution in [0, 0.1) is 0 Å². The van der Waals surface area contributed by atoms with Gasteiger partial charge in [-0.2, -0.15) is 8.78 Å². The number of nitrogens with one attached hydrogen (secondary N) is 1. The number of benzene rings is 2. The Balaban J connectivity index is 1.84. The summed E-state index contributed by atoms with van der Waals surface area (Å²) in [5, 5.41) is 2.65. The van der Waals surface area contributed by atoms with E-state index in [2.05, 4.69) is 5.32 Å². The molecule has 9 heteroatoms. The van der Waals surface area contributed by atoms with Gasteiger partial charge in [-0.15, -0.1) is 0 Å². The Morgan fingerprint density at radius 3 is 2.50 bits per heavy atom. The number of hydrogen-bond acceptors (Lipinski definition) is 5. The fraction of sp³-hybridized carbons (Fsp3) is 0.444. The number of carbonyl (C=O) groups is 2. The van der Waals surface area contributed by atoms with Crippen molar-refractivity contribution in [2.75, 3.05) is 0 Å². The maximum Gasteiger partial charge on any atom is 0.387 e. The summed E-state index contributed by atoms with van der Waals surface area (Å²) in [5.74, 6) is -0.794. The molecule has 0 spiro atoms. The van der Waals surface area contributed by atoms with Crippen molar-refractivity contribution in [3.63, 3.8) is 0 Å². The topological polar surface area (TPSA) is 103 Å². The molecule has 0 atom stereocenters. The quantitative estimate of drug-likeness (QED) is 0.623. The van der Waals surface area contributed by atoms with Gasteiger partial charge in [0.1, 0.15) is 11.1 Å². The molecule has 0 fully saturated rings. The molecule has 4 rings (SSSR count). The SMILES string of the molecule is CC1(C)Cc2cc(OC(F)F)c3c(c2C(c2cccc(C(=O)NC(C)(C)C(N)=O)c2)=N1)CC(C)(C)O3. The van der Waals surface area contributed by atoms with Crippen LogP contribution in [0.2, 0.25) is 0 Å². The lowest BCUT2D eigenvalue weighted by atomic mass is 9.80. The third-order valence-electron chi connectivity index (χ3n) is 6.34. The summed E-state index contributed by atoms with van der Waals surface area (Å²) < 4.78 is 37.4. The number of ether oxygens (including phenoxy) is 2. The van der Waals surface area contributed by atoms with Crippen molar-refractivity contribution < 1.29 is 27.8 Å². The first kappa shape index (κ1) is 25.6. The largest absolute Gasteiger partial charge is 0.483 e. The molecular weight excluding hydrogens is 468 g/mol. The van der Waals surface area contributed by atoms with Crippen LogP contribution in [0.1, 0.15) is 74.2 Å². The molecule has 2 heterocycles. The van der Waals surface area contributed by atoms with Crippen molar-refractivity contribution in [1.29, 1.82) is 0 Å². The minimum atomic E-state index is -2.98. The van der Waals surface area contributed by atoms with Gasteiger partial charge in [0.15, 0.2) is 11.5 Å². The molecule has 0 radical (unpaired) electrons. The van der Waals surface area contributed by atoms with Crippen molar-refractivity contribution in [2.24, 2.45) is 10.7 Å². The third kappa shape index (κ3) is 4.92. The first-order chi connectivity index (χ1) is 16.6. The summed E-state index contributed by atoms with van der Waals surface area (Å²) >= 11 is 0. The molecule has 0 aromatic heterocycles. The van der Waals surface area contributed by atoms with Gasteiger partial charge >= 0.3 is 6.61 Å². The molecule has 36 heavy (non-hydrogen) atoms. The van der Waals surface area contributed by atoms with Crippen LogP contribution in [0.15, 0.2) is 35.3 Å². The number of carbonyl (C=O) groups excluding carboxylic acids is 2. The van der Waals surface area contributed by atoms with E-state index in [-0.39, 0.29) is 5.75 Å². The first-order valence-electron chi connectivity index (χ1n) is 11.7. The van der Waals surface area contributed by atoms with Crippen LogP contribution < -0.4 is 20.5 Å². The number of aliphatic imine (C=N–C) groups is 1.